The molecule has 13 nitrogen and oxygen atoms in total. The molecule has 0 bridgehead atoms. The summed E-state index contributed by atoms with van der Waals surface area (Å²) in [6.45, 7) is 11.1. The highest BCUT2D eigenvalue weighted by Crippen LogP contribution is 2.47. The molecule has 0 aliphatic carbocycles. The summed E-state index contributed by atoms with van der Waals surface area (Å²) in [5.74, 6) is -1.38. The number of piperidine rings is 2. The minimum Gasteiger partial charge on any atom is -0.371 e. The van der Waals surface area contributed by atoms with Gasteiger partial charge in [-0.2, -0.15) is 5.26 Å². The van der Waals surface area contributed by atoms with Crippen LogP contribution in [0, 0.1) is 22.7 Å². The SMILES string of the molecule is CC1N(c2ccc(C#N)c(Cl)c2)CCC12CCN(C(=O)c1ccc(N3CCN(CC4CN(c5ccc6c(c5)C(=O)N(C5CCC(=O)NC5=O)C6=O)C4)CC3)cc1)CC2. The zero-order chi connectivity index (χ0) is 40.3. The number of fused-ring (bicyclic) bond motifs is 1. The number of nitriles is 1. The van der Waals surface area contributed by atoms with Gasteiger partial charge in [0.05, 0.1) is 21.7 Å². The first-order valence-electron chi connectivity index (χ1n) is 20.5. The first kappa shape index (κ1) is 38.1. The van der Waals surface area contributed by atoms with Gasteiger partial charge in [0.25, 0.3) is 17.7 Å². The molecular weight excluding hydrogens is 756 g/mol. The van der Waals surface area contributed by atoms with E-state index in [9.17, 15) is 29.2 Å². The van der Waals surface area contributed by atoms with Gasteiger partial charge in [-0.05, 0) is 98.7 Å². The van der Waals surface area contributed by atoms with Crippen LogP contribution in [0.3, 0.4) is 0 Å². The van der Waals surface area contributed by atoms with Gasteiger partial charge in [0.2, 0.25) is 11.8 Å². The number of hydrogen-bond acceptors (Lipinski definition) is 10. The second kappa shape index (κ2) is 15.1. The fraction of sp³-hybridized carbons (Fsp3) is 0.455. The van der Waals surface area contributed by atoms with Gasteiger partial charge in [-0.15, -0.1) is 0 Å². The fourth-order valence-corrected chi connectivity index (χ4v) is 10.3. The molecule has 5 saturated heterocycles. The average molecular weight is 803 g/mol. The molecule has 0 aromatic heterocycles. The van der Waals surface area contributed by atoms with E-state index in [1.54, 1.807) is 18.2 Å². The summed E-state index contributed by atoms with van der Waals surface area (Å²) >= 11 is 6.36. The monoisotopic (exact) mass is 802 g/mol. The third-order valence-electron chi connectivity index (χ3n) is 13.8. The molecule has 6 aliphatic heterocycles. The van der Waals surface area contributed by atoms with Gasteiger partial charge in [0.1, 0.15) is 12.1 Å². The van der Waals surface area contributed by atoms with Crippen LogP contribution in [0.2, 0.25) is 5.02 Å². The van der Waals surface area contributed by atoms with E-state index in [-0.39, 0.29) is 24.2 Å². The van der Waals surface area contributed by atoms with Crippen LogP contribution < -0.4 is 20.0 Å². The van der Waals surface area contributed by atoms with Gasteiger partial charge in [-0.3, -0.25) is 39.1 Å². The molecule has 14 heteroatoms. The van der Waals surface area contributed by atoms with E-state index in [1.165, 1.54) is 0 Å². The van der Waals surface area contributed by atoms with Crippen LogP contribution in [0.25, 0.3) is 0 Å². The van der Waals surface area contributed by atoms with Crippen molar-refractivity contribution in [2.45, 2.75) is 51.1 Å². The van der Waals surface area contributed by atoms with Crippen LogP contribution >= 0.6 is 11.6 Å². The Morgan fingerprint density at radius 2 is 1.48 bits per heavy atom. The van der Waals surface area contributed by atoms with E-state index in [2.05, 4.69) is 50.0 Å². The second-order valence-electron chi connectivity index (χ2n) is 16.8. The van der Waals surface area contributed by atoms with Crippen molar-refractivity contribution in [1.29, 1.82) is 5.26 Å². The first-order chi connectivity index (χ1) is 28.0. The molecule has 58 heavy (non-hydrogen) atoms. The lowest BCUT2D eigenvalue weighted by molar-refractivity contribution is -0.136. The highest BCUT2D eigenvalue weighted by molar-refractivity contribution is 6.32. The van der Waals surface area contributed by atoms with Crippen molar-refractivity contribution < 1.29 is 24.0 Å². The molecule has 0 saturated carbocycles. The van der Waals surface area contributed by atoms with E-state index in [0.29, 0.717) is 33.7 Å². The Hall–Kier alpha value is -5.45. The van der Waals surface area contributed by atoms with Crippen molar-refractivity contribution in [3.05, 3.63) is 87.9 Å². The lowest BCUT2D eigenvalue weighted by Gasteiger charge is -2.45. The smallest absolute Gasteiger partial charge is 0.262 e. The number of nitrogens with one attached hydrogen (secondary N) is 1. The third-order valence-corrected chi connectivity index (χ3v) is 14.1. The molecule has 1 N–H and O–H groups in total. The molecule has 3 aromatic carbocycles. The Kier molecular flexibility index (Phi) is 9.88. The molecule has 6 aliphatic rings. The summed E-state index contributed by atoms with van der Waals surface area (Å²) < 4.78 is 0. The summed E-state index contributed by atoms with van der Waals surface area (Å²) in [6.07, 6.45) is 3.24. The first-order valence-corrected chi connectivity index (χ1v) is 20.8. The van der Waals surface area contributed by atoms with Crippen LogP contribution in [0.15, 0.2) is 60.7 Å². The van der Waals surface area contributed by atoms with E-state index in [1.807, 2.05) is 35.2 Å². The van der Waals surface area contributed by atoms with E-state index in [4.69, 9.17) is 11.6 Å². The molecule has 1 spiro atoms. The number of carbonyl (C=O) groups is 5. The number of rotatable bonds is 7. The molecular formula is C44H47ClN8O5. The van der Waals surface area contributed by atoms with Crippen LogP contribution in [-0.4, -0.2) is 122 Å². The highest BCUT2D eigenvalue weighted by Gasteiger charge is 2.48. The van der Waals surface area contributed by atoms with Gasteiger partial charge in [0, 0.05) is 106 Å². The largest absolute Gasteiger partial charge is 0.371 e. The van der Waals surface area contributed by atoms with Crippen LogP contribution in [0.5, 0.6) is 0 Å². The Balaban J connectivity index is 0.723. The molecule has 6 heterocycles. The minimum absolute atomic E-state index is 0.0938. The number of imide groups is 2. The summed E-state index contributed by atoms with van der Waals surface area (Å²) in [7, 11) is 0. The van der Waals surface area contributed by atoms with Crippen molar-refractivity contribution in [2.75, 3.05) is 80.1 Å². The number of halogens is 1. The predicted octanol–water partition coefficient (Wildman–Crippen LogP) is 4.39. The fourth-order valence-electron chi connectivity index (χ4n) is 10.1. The third kappa shape index (κ3) is 6.75. The molecule has 0 radical (unpaired) electrons. The standard InChI is InChI=1S/C44H47ClN8O5/c1-28-44(14-17-52(28)34-7-4-31(24-46)37(45)23-34)12-15-50(16-13-44)41(56)30-2-5-32(6-3-30)49-20-18-48(19-21-49)25-29-26-51(27-29)33-8-9-35-36(22-33)43(58)53(42(35)57)38-10-11-39(54)47-40(38)55/h2-9,22-23,28-29,38H,10-21,25-27H2,1H3,(H,47,54,55). The Morgan fingerprint density at radius 1 is 0.810 bits per heavy atom. The van der Waals surface area contributed by atoms with Gasteiger partial charge >= 0.3 is 0 Å². The summed E-state index contributed by atoms with van der Waals surface area (Å²) in [5, 5.41) is 12.0. The maximum absolute atomic E-state index is 13.6. The summed E-state index contributed by atoms with van der Waals surface area (Å²) in [5.41, 5.74) is 5.05. The van der Waals surface area contributed by atoms with Crippen LogP contribution in [0.1, 0.15) is 75.7 Å². The van der Waals surface area contributed by atoms with Crippen molar-refractivity contribution in [2.24, 2.45) is 11.3 Å². The summed E-state index contributed by atoms with van der Waals surface area (Å²) in [4.78, 5) is 76.5. The normalized spacial score (nSPS) is 23.6. The van der Waals surface area contributed by atoms with Gasteiger partial charge in [-0.25, -0.2) is 0 Å². The number of carbonyl (C=O) groups excluding carboxylic acids is 5. The van der Waals surface area contributed by atoms with Crippen molar-refractivity contribution in [3.63, 3.8) is 0 Å². The predicted molar refractivity (Wildman–Crippen MR) is 219 cm³/mol. The Bertz CT molecular complexity index is 2220. The van der Waals surface area contributed by atoms with E-state index < -0.39 is 29.7 Å². The molecule has 5 fully saturated rings. The summed E-state index contributed by atoms with van der Waals surface area (Å²) in [6, 6.07) is 20.6. The Morgan fingerprint density at radius 3 is 2.17 bits per heavy atom. The number of hydrogen-bond donors (Lipinski definition) is 1. The molecule has 300 valence electrons. The highest BCUT2D eigenvalue weighted by atomic mass is 35.5. The topological polar surface area (TPSA) is 141 Å². The van der Waals surface area contributed by atoms with Crippen molar-refractivity contribution >= 4 is 58.2 Å². The maximum Gasteiger partial charge on any atom is 0.262 e. The van der Waals surface area contributed by atoms with Gasteiger partial charge < -0.3 is 19.6 Å². The Labute approximate surface area is 343 Å². The van der Waals surface area contributed by atoms with E-state index in [0.717, 1.165) is 112 Å². The quantitative estimate of drug-likeness (QED) is 0.342. The molecule has 2 atom stereocenters. The number of benzene rings is 3. The zero-order valence-corrected chi connectivity index (χ0v) is 33.4. The molecule has 2 unspecified atom stereocenters. The van der Waals surface area contributed by atoms with Crippen molar-refractivity contribution in [1.82, 2.24) is 20.0 Å². The molecule has 3 aromatic rings. The lowest BCUT2D eigenvalue weighted by Crippen LogP contribution is -2.55. The van der Waals surface area contributed by atoms with E-state index >= 15 is 0 Å². The second-order valence-corrected chi connectivity index (χ2v) is 17.2. The lowest BCUT2D eigenvalue weighted by atomic mass is 9.73. The zero-order valence-electron chi connectivity index (χ0n) is 32.7. The van der Waals surface area contributed by atoms with Crippen LogP contribution in [-0.2, 0) is 9.59 Å². The molecule has 5 amide bonds. The number of anilines is 3. The van der Waals surface area contributed by atoms with Crippen molar-refractivity contribution in [3.8, 4) is 6.07 Å². The number of nitrogens with zero attached hydrogens (tertiary/aromatic N) is 7. The number of likely N-dealkylation sites (tertiary alicyclic amines) is 1. The minimum atomic E-state index is -0.969. The number of piperazine rings is 1. The average Bonchev–Trinajstić information content (AvgIpc) is 3.66. The van der Waals surface area contributed by atoms with Gasteiger partial charge in [-0.1, -0.05) is 11.6 Å². The maximum atomic E-state index is 13.6. The van der Waals surface area contributed by atoms with Crippen LogP contribution in [0.4, 0.5) is 17.1 Å². The van der Waals surface area contributed by atoms with Gasteiger partial charge in [0.15, 0.2) is 0 Å². The number of amides is 5. The molecule has 9 rings (SSSR count).